The zero-order valence-electron chi connectivity index (χ0n) is 7.07. The van der Waals surface area contributed by atoms with Gasteiger partial charge in [-0.25, -0.2) is 4.79 Å². The molecule has 70 valence electrons. The molecule has 0 saturated carbocycles. The summed E-state index contributed by atoms with van der Waals surface area (Å²) in [7, 11) is 0. The summed E-state index contributed by atoms with van der Waals surface area (Å²) in [6.07, 6.45) is -0.797. The molecule has 13 heavy (non-hydrogen) atoms. The van der Waals surface area contributed by atoms with Gasteiger partial charge in [0.15, 0.2) is 5.56 Å². The molecule has 0 aliphatic heterocycles. The van der Waals surface area contributed by atoms with Crippen LogP contribution in [0.15, 0.2) is 30.3 Å². The minimum atomic E-state index is -0.797. The summed E-state index contributed by atoms with van der Waals surface area (Å²) in [5.41, 5.74) is -0.684. The molecule has 0 aliphatic rings. The summed E-state index contributed by atoms with van der Waals surface area (Å²) in [6.45, 7) is 1.54. The minimum Gasteiger partial charge on any atom is -0.415 e. The molecule has 0 heterocycles. The number of hydrogen-bond acceptors (Lipinski definition) is 3. The lowest BCUT2D eigenvalue weighted by Crippen LogP contribution is -2.13. The van der Waals surface area contributed by atoms with E-state index in [0.717, 1.165) is 0 Å². The Morgan fingerprint density at radius 2 is 2.00 bits per heavy atom. The van der Waals surface area contributed by atoms with E-state index in [0.29, 0.717) is 5.75 Å². The van der Waals surface area contributed by atoms with Crippen molar-refractivity contribution in [2.24, 2.45) is 0 Å². The molecule has 0 fully saturated rings. The standard InChI is InChI=1S/C9H9ClO3/c1-7(10)12-9(11)13-8-5-3-2-4-6-8/h2-7H,1H3/t7-/m1/s1. The van der Waals surface area contributed by atoms with Crippen LogP contribution in [0.2, 0.25) is 0 Å². The second kappa shape index (κ2) is 4.72. The number of alkyl halides is 1. The number of para-hydroxylation sites is 1. The van der Waals surface area contributed by atoms with Crippen molar-refractivity contribution in [1.82, 2.24) is 0 Å². The highest BCUT2D eigenvalue weighted by atomic mass is 35.5. The number of carbonyl (C=O) groups is 1. The van der Waals surface area contributed by atoms with Crippen LogP contribution in [0.25, 0.3) is 0 Å². The first-order valence-electron chi connectivity index (χ1n) is 3.76. The average molecular weight is 201 g/mol. The Morgan fingerprint density at radius 1 is 1.38 bits per heavy atom. The molecule has 1 aromatic carbocycles. The summed E-state index contributed by atoms with van der Waals surface area (Å²) in [6, 6.07) is 8.64. The van der Waals surface area contributed by atoms with Crippen LogP contribution in [0.1, 0.15) is 6.92 Å². The fraction of sp³-hybridized carbons (Fsp3) is 0.222. The minimum absolute atomic E-state index is 0.435. The molecule has 0 aliphatic carbocycles. The van der Waals surface area contributed by atoms with Crippen LogP contribution >= 0.6 is 11.6 Å². The highest BCUT2D eigenvalue weighted by Crippen LogP contribution is 2.10. The molecule has 0 bridgehead atoms. The monoisotopic (exact) mass is 200 g/mol. The quantitative estimate of drug-likeness (QED) is 0.418. The van der Waals surface area contributed by atoms with Crippen LogP contribution in [0.4, 0.5) is 4.79 Å². The fourth-order valence-electron chi connectivity index (χ4n) is 0.741. The highest BCUT2D eigenvalue weighted by molar-refractivity contribution is 6.19. The Hall–Kier alpha value is -1.22. The number of ether oxygens (including phenoxy) is 2. The predicted molar refractivity (Wildman–Crippen MR) is 48.9 cm³/mol. The normalized spacial score (nSPS) is 11.8. The largest absolute Gasteiger partial charge is 0.515 e. The smallest absolute Gasteiger partial charge is 0.415 e. The Labute approximate surface area is 81.2 Å². The van der Waals surface area contributed by atoms with Gasteiger partial charge in [-0.2, -0.15) is 0 Å². The van der Waals surface area contributed by atoms with Crippen LogP contribution in [0.5, 0.6) is 5.75 Å². The lowest BCUT2D eigenvalue weighted by atomic mass is 10.3. The molecular formula is C9H9ClO3. The maximum absolute atomic E-state index is 10.9. The third kappa shape index (κ3) is 3.80. The fourth-order valence-corrected chi connectivity index (χ4v) is 0.814. The first kappa shape index (κ1) is 9.86. The van der Waals surface area contributed by atoms with Gasteiger partial charge in [0.2, 0.25) is 0 Å². The molecule has 0 unspecified atom stereocenters. The maximum Gasteiger partial charge on any atom is 0.515 e. The second-order valence-corrected chi connectivity index (χ2v) is 2.94. The molecule has 4 heteroatoms. The van der Waals surface area contributed by atoms with Gasteiger partial charge >= 0.3 is 6.16 Å². The van der Waals surface area contributed by atoms with Crippen LogP contribution in [-0.4, -0.2) is 11.7 Å². The zero-order chi connectivity index (χ0) is 9.68. The lowest BCUT2D eigenvalue weighted by Gasteiger charge is -2.06. The Bertz CT molecular complexity index is 271. The van der Waals surface area contributed by atoms with Gasteiger partial charge in [-0.05, 0) is 19.1 Å². The number of carbonyl (C=O) groups excluding carboxylic acids is 1. The van der Waals surface area contributed by atoms with E-state index in [1.54, 1.807) is 24.3 Å². The molecule has 0 N–H and O–H groups in total. The lowest BCUT2D eigenvalue weighted by molar-refractivity contribution is 0.0924. The molecule has 1 atom stereocenters. The summed E-state index contributed by atoms with van der Waals surface area (Å²) in [4.78, 5) is 10.9. The van der Waals surface area contributed by atoms with Gasteiger partial charge in [-0.3, -0.25) is 0 Å². The third-order valence-corrected chi connectivity index (χ3v) is 1.29. The van der Waals surface area contributed by atoms with E-state index in [2.05, 4.69) is 4.74 Å². The van der Waals surface area contributed by atoms with Crippen LogP contribution < -0.4 is 4.74 Å². The first-order chi connectivity index (χ1) is 6.18. The van der Waals surface area contributed by atoms with Gasteiger partial charge in [-0.1, -0.05) is 29.8 Å². The Kier molecular flexibility index (Phi) is 3.58. The van der Waals surface area contributed by atoms with Crippen molar-refractivity contribution in [2.45, 2.75) is 12.5 Å². The van der Waals surface area contributed by atoms with Gasteiger partial charge < -0.3 is 9.47 Å². The second-order valence-electron chi connectivity index (χ2n) is 2.33. The molecular weight excluding hydrogens is 192 g/mol. The zero-order valence-corrected chi connectivity index (χ0v) is 7.82. The van der Waals surface area contributed by atoms with Crippen LogP contribution in [0, 0.1) is 0 Å². The van der Waals surface area contributed by atoms with Crippen molar-refractivity contribution < 1.29 is 14.3 Å². The van der Waals surface area contributed by atoms with Gasteiger partial charge in [0.1, 0.15) is 5.75 Å². The topological polar surface area (TPSA) is 35.5 Å². The highest BCUT2D eigenvalue weighted by Gasteiger charge is 2.08. The molecule has 3 nitrogen and oxygen atoms in total. The third-order valence-electron chi connectivity index (χ3n) is 1.20. The number of benzene rings is 1. The first-order valence-corrected chi connectivity index (χ1v) is 4.19. The molecule has 0 spiro atoms. The van der Waals surface area contributed by atoms with Crippen LogP contribution in [0.3, 0.4) is 0 Å². The summed E-state index contributed by atoms with van der Waals surface area (Å²) >= 11 is 5.42. The molecule has 0 amide bonds. The number of halogens is 1. The van der Waals surface area contributed by atoms with Gasteiger partial charge in [0.05, 0.1) is 0 Å². The Balaban J connectivity index is 2.46. The van der Waals surface area contributed by atoms with Gasteiger partial charge in [0.25, 0.3) is 0 Å². The van der Waals surface area contributed by atoms with Crippen molar-refractivity contribution in [3.05, 3.63) is 30.3 Å². The van der Waals surface area contributed by atoms with Crippen molar-refractivity contribution in [1.29, 1.82) is 0 Å². The van der Waals surface area contributed by atoms with E-state index in [4.69, 9.17) is 16.3 Å². The van der Waals surface area contributed by atoms with Crippen LogP contribution in [-0.2, 0) is 4.74 Å². The van der Waals surface area contributed by atoms with E-state index >= 15 is 0 Å². The van der Waals surface area contributed by atoms with E-state index in [1.807, 2.05) is 6.07 Å². The Morgan fingerprint density at radius 3 is 2.54 bits per heavy atom. The van der Waals surface area contributed by atoms with Crippen molar-refractivity contribution in [3.8, 4) is 5.75 Å². The van der Waals surface area contributed by atoms with Gasteiger partial charge in [-0.15, -0.1) is 0 Å². The van der Waals surface area contributed by atoms with Crippen molar-refractivity contribution in [2.75, 3.05) is 0 Å². The number of hydrogen-bond donors (Lipinski definition) is 0. The van der Waals surface area contributed by atoms with E-state index in [1.165, 1.54) is 6.92 Å². The molecule has 0 radical (unpaired) electrons. The predicted octanol–water partition coefficient (Wildman–Crippen LogP) is 2.79. The molecule has 0 aromatic heterocycles. The van der Waals surface area contributed by atoms with Crippen molar-refractivity contribution >= 4 is 17.8 Å². The van der Waals surface area contributed by atoms with E-state index < -0.39 is 11.7 Å². The summed E-state index contributed by atoms with van der Waals surface area (Å²) in [5, 5.41) is 0. The number of rotatable bonds is 2. The summed E-state index contributed by atoms with van der Waals surface area (Å²) in [5.74, 6) is 0.435. The summed E-state index contributed by atoms with van der Waals surface area (Å²) < 4.78 is 9.34. The molecule has 1 rings (SSSR count). The van der Waals surface area contributed by atoms with E-state index in [9.17, 15) is 4.79 Å². The van der Waals surface area contributed by atoms with Gasteiger partial charge in [0, 0.05) is 0 Å². The SMILES string of the molecule is C[C@H](Cl)OC(=O)Oc1ccccc1. The molecule has 0 saturated heterocycles. The van der Waals surface area contributed by atoms with Crippen molar-refractivity contribution in [3.63, 3.8) is 0 Å². The molecule has 1 aromatic rings. The average Bonchev–Trinajstić information content (AvgIpc) is 2.04. The van der Waals surface area contributed by atoms with E-state index in [-0.39, 0.29) is 0 Å². The maximum atomic E-state index is 10.9.